The number of nitrogens with zero attached hydrogens (tertiary/aromatic N) is 1. The molecule has 0 atom stereocenters. The van der Waals surface area contributed by atoms with E-state index in [1.54, 1.807) is 0 Å². The average molecular weight is 347 g/mol. The van der Waals surface area contributed by atoms with Crippen LogP contribution in [0.2, 0.25) is 0 Å². The summed E-state index contributed by atoms with van der Waals surface area (Å²) in [6.07, 6.45) is 1.91. The Balaban J connectivity index is 1.86. The minimum absolute atomic E-state index is 1.13. The van der Waals surface area contributed by atoms with Gasteiger partial charge in [0.2, 0.25) is 0 Å². The van der Waals surface area contributed by atoms with Crippen molar-refractivity contribution in [1.82, 2.24) is 0 Å². The Morgan fingerprint density at radius 2 is 1.11 bits per heavy atom. The van der Waals surface area contributed by atoms with Crippen LogP contribution >= 0.6 is 0 Å². The molecule has 0 aliphatic heterocycles. The Bertz CT molecular complexity index is 996. The highest BCUT2D eigenvalue weighted by molar-refractivity contribution is 5.82. The van der Waals surface area contributed by atoms with Gasteiger partial charge in [0.1, 0.15) is 0 Å². The van der Waals surface area contributed by atoms with E-state index in [1.807, 2.05) is 24.3 Å². The largest absolute Gasteiger partial charge is 0.310 e. The first kappa shape index (κ1) is 16.9. The van der Waals surface area contributed by atoms with Gasteiger partial charge >= 0.3 is 0 Å². The van der Waals surface area contributed by atoms with Crippen LogP contribution in [-0.2, 0) is 0 Å². The second kappa shape index (κ2) is 7.76. The summed E-state index contributed by atoms with van der Waals surface area (Å²) in [5.41, 5.74) is 6.91. The zero-order valence-corrected chi connectivity index (χ0v) is 15.1. The first-order chi connectivity index (χ1) is 13.4. The molecule has 27 heavy (non-hydrogen) atoms. The molecule has 0 unspecified atom stereocenters. The molecule has 0 N–H and O–H groups in total. The van der Waals surface area contributed by atoms with Crippen LogP contribution < -0.4 is 4.90 Å². The van der Waals surface area contributed by atoms with Crippen molar-refractivity contribution in [1.29, 1.82) is 0 Å². The molecule has 4 aromatic carbocycles. The topological polar surface area (TPSA) is 3.24 Å². The predicted molar refractivity (Wildman–Crippen MR) is 117 cm³/mol. The molecule has 130 valence electrons. The third kappa shape index (κ3) is 3.54. The Kier molecular flexibility index (Phi) is 4.84. The Morgan fingerprint density at radius 1 is 0.556 bits per heavy atom. The summed E-state index contributed by atoms with van der Waals surface area (Å²) in [6.45, 7) is 3.96. The summed E-state index contributed by atoms with van der Waals surface area (Å²) < 4.78 is 0. The van der Waals surface area contributed by atoms with Crippen LogP contribution in [-0.4, -0.2) is 0 Å². The van der Waals surface area contributed by atoms with Gasteiger partial charge in [0.05, 0.1) is 0 Å². The van der Waals surface area contributed by atoms with Gasteiger partial charge in [-0.3, -0.25) is 0 Å². The van der Waals surface area contributed by atoms with E-state index in [4.69, 9.17) is 0 Å². The second-order valence-electron chi connectivity index (χ2n) is 6.35. The SMILES string of the molecule is C=Cc1ccccc1-c1cccc(N(c2ccccc2)c2ccccc2)c1. The molecular formula is C26H21N. The van der Waals surface area contributed by atoms with Crippen LogP contribution in [0.25, 0.3) is 17.2 Å². The number of benzene rings is 4. The van der Waals surface area contributed by atoms with Crippen molar-refractivity contribution in [3.8, 4) is 11.1 Å². The van der Waals surface area contributed by atoms with E-state index in [0.29, 0.717) is 0 Å². The van der Waals surface area contributed by atoms with E-state index in [2.05, 4.69) is 102 Å². The number of rotatable bonds is 5. The van der Waals surface area contributed by atoms with Crippen molar-refractivity contribution >= 4 is 23.1 Å². The van der Waals surface area contributed by atoms with Crippen molar-refractivity contribution in [2.24, 2.45) is 0 Å². The third-order valence-electron chi connectivity index (χ3n) is 4.62. The minimum Gasteiger partial charge on any atom is -0.310 e. The molecule has 0 amide bonds. The fourth-order valence-electron chi connectivity index (χ4n) is 3.35. The fourth-order valence-corrected chi connectivity index (χ4v) is 3.35. The van der Waals surface area contributed by atoms with Crippen molar-refractivity contribution in [3.63, 3.8) is 0 Å². The molecule has 0 aliphatic carbocycles. The molecule has 0 spiro atoms. The molecule has 0 saturated carbocycles. The number of anilines is 3. The first-order valence-electron chi connectivity index (χ1n) is 9.09. The van der Waals surface area contributed by atoms with Gasteiger partial charge in [-0.1, -0.05) is 85.5 Å². The minimum atomic E-state index is 1.13. The van der Waals surface area contributed by atoms with Gasteiger partial charge in [-0.25, -0.2) is 0 Å². The molecule has 1 heteroatoms. The molecule has 0 fully saturated rings. The average Bonchev–Trinajstić information content (AvgIpc) is 2.76. The monoisotopic (exact) mass is 347 g/mol. The van der Waals surface area contributed by atoms with Gasteiger partial charge in [-0.2, -0.15) is 0 Å². The van der Waals surface area contributed by atoms with Crippen LogP contribution in [0.1, 0.15) is 5.56 Å². The molecule has 0 bridgehead atoms. The zero-order valence-electron chi connectivity index (χ0n) is 15.1. The smallest absolute Gasteiger partial charge is 0.0467 e. The predicted octanol–water partition coefficient (Wildman–Crippen LogP) is 7.47. The fraction of sp³-hybridized carbons (Fsp3) is 0. The maximum absolute atomic E-state index is 3.96. The van der Waals surface area contributed by atoms with E-state index < -0.39 is 0 Å². The molecule has 0 heterocycles. The van der Waals surface area contributed by atoms with Gasteiger partial charge in [0.15, 0.2) is 0 Å². The molecule has 0 aromatic heterocycles. The lowest BCUT2D eigenvalue weighted by Gasteiger charge is -2.26. The summed E-state index contributed by atoms with van der Waals surface area (Å²) in [7, 11) is 0. The zero-order chi connectivity index (χ0) is 18.5. The van der Waals surface area contributed by atoms with Gasteiger partial charge in [0, 0.05) is 17.1 Å². The van der Waals surface area contributed by atoms with Crippen LogP contribution in [0, 0.1) is 0 Å². The maximum atomic E-state index is 3.96. The highest BCUT2D eigenvalue weighted by atomic mass is 15.1. The van der Waals surface area contributed by atoms with E-state index in [0.717, 1.165) is 22.6 Å². The van der Waals surface area contributed by atoms with E-state index in [1.165, 1.54) is 11.1 Å². The van der Waals surface area contributed by atoms with E-state index in [-0.39, 0.29) is 0 Å². The Morgan fingerprint density at radius 3 is 1.74 bits per heavy atom. The summed E-state index contributed by atoms with van der Waals surface area (Å²) in [4.78, 5) is 2.28. The van der Waals surface area contributed by atoms with Crippen LogP contribution in [0.4, 0.5) is 17.1 Å². The first-order valence-corrected chi connectivity index (χ1v) is 9.09. The van der Waals surface area contributed by atoms with Gasteiger partial charge in [0.25, 0.3) is 0 Å². The normalized spacial score (nSPS) is 10.4. The van der Waals surface area contributed by atoms with Crippen molar-refractivity contribution < 1.29 is 0 Å². The molecule has 4 aromatic rings. The quantitative estimate of drug-likeness (QED) is 0.362. The van der Waals surface area contributed by atoms with E-state index in [9.17, 15) is 0 Å². The standard InChI is InChI=1S/C26H21N/c1-2-21-12-9-10-19-26(21)22-13-11-18-25(20-22)27(23-14-5-3-6-15-23)24-16-7-4-8-17-24/h2-20H,1H2. The van der Waals surface area contributed by atoms with Crippen molar-refractivity contribution in [3.05, 3.63) is 121 Å². The van der Waals surface area contributed by atoms with Crippen LogP contribution in [0.3, 0.4) is 0 Å². The second-order valence-corrected chi connectivity index (χ2v) is 6.35. The van der Waals surface area contributed by atoms with Gasteiger partial charge in [-0.15, -0.1) is 0 Å². The van der Waals surface area contributed by atoms with E-state index >= 15 is 0 Å². The van der Waals surface area contributed by atoms with Gasteiger partial charge < -0.3 is 4.90 Å². The maximum Gasteiger partial charge on any atom is 0.0467 e. The molecule has 0 aliphatic rings. The van der Waals surface area contributed by atoms with Crippen molar-refractivity contribution in [2.75, 3.05) is 4.90 Å². The lowest BCUT2D eigenvalue weighted by molar-refractivity contribution is 1.28. The van der Waals surface area contributed by atoms with Crippen LogP contribution in [0.15, 0.2) is 116 Å². The summed E-state index contributed by atoms with van der Waals surface area (Å²) in [5.74, 6) is 0. The third-order valence-corrected chi connectivity index (χ3v) is 4.62. The molecule has 4 rings (SSSR count). The number of hydrogen-bond donors (Lipinski definition) is 0. The number of hydrogen-bond acceptors (Lipinski definition) is 1. The molecule has 0 radical (unpaired) electrons. The molecule has 1 nitrogen and oxygen atoms in total. The molecule has 0 saturated heterocycles. The summed E-state index contributed by atoms with van der Waals surface area (Å²) in [6, 6.07) is 37.9. The number of para-hydroxylation sites is 2. The molecular weight excluding hydrogens is 326 g/mol. The highest BCUT2D eigenvalue weighted by Crippen LogP contribution is 2.36. The Labute approximate surface area is 160 Å². The Hall–Kier alpha value is -3.58. The highest BCUT2D eigenvalue weighted by Gasteiger charge is 2.13. The lowest BCUT2D eigenvalue weighted by atomic mass is 9.99. The van der Waals surface area contributed by atoms with Crippen LogP contribution in [0.5, 0.6) is 0 Å². The van der Waals surface area contributed by atoms with Crippen molar-refractivity contribution in [2.45, 2.75) is 0 Å². The summed E-state index contributed by atoms with van der Waals surface area (Å²) in [5, 5.41) is 0. The lowest BCUT2D eigenvalue weighted by Crippen LogP contribution is -2.09. The van der Waals surface area contributed by atoms with Gasteiger partial charge in [-0.05, 0) is 53.1 Å². The summed E-state index contributed by atoms with van der Waals surface area (Å²) >= 11 is 0.